The molecule has 0 saturated carbocycles. The predicted octanol–water partition coefficient (Wildman–Crippen LogP) is 2.97. The van der Waals surface area contributed by atoms with Crippen molar-refractivity contribution in [2.45, 2.75) is 19.9 Å². The quantitative estimate of drug-likeness (QED) is 0.372. The lowest BCUT2D eigenvalue weighted by Crippen LogP contribution is -2.37. The molecule has 0 spiro atoms. The second-order valence-electron chi connectivity index (χ2n) is 3.80. The Morgan fingerprint density at radius 3 is 2.78 bits per heavy atom. The molecule has 1 aromatic rings. The maximum absolute atomic E-state index is 6.09. The smallest absolute Gasteiger partial charge is 0.191 e. The summed E-state index contributed by atoms with van der Waals surface area (Å²) >= 11 is 6.09. The highest BCUT2D eigenvalue weighted by Gasteiger charge is 2.00. The van der Waals surface area contributed by atoms with Crippen molar-refractivity contribution in [2.24, 2.45) is 4.99 Å². The Bertz CT molecular complexity index is 413. The molecule has 2 N–H and O–H groups in total. The molecular formula is C14H20ClN3. The third-order valence-electron chi connectivity index (χ3n) is 2.47. The fourth-order valence-corrected chi connectivity index (χ4v) is 1.68. The topological polar surface area (TPSA) is 36.4 Å². The monoisotopic (exact) mass is 265 g/mol. The second kappa shape index (κ2) is 8.59. The Balaban J connectivity index is 2.38. The van der Waals surface area contributed by atoms with E-state index in [1.165, 1.54) is 0 Å². The highest BCUT2D eigenvalue weighted by molar-refractivity contribution is 6.31. The number of nitrogens with one attached hydrogen (secondary N) is 2. The fourth-order valence-electron chi connectivity index (χ4n) is 1.48. The molecule has 0 heterocycles. The van der Waals surface area contributed by atoms with Gasteiger partial charge in [0.15, 0.2) is 5.96 Å². The van der Waals surface area contributed by atoms with Crippen LogP contribution < -0.4 is 10.6 Å². The number of guanidine groups is 1. The van der Waals surface area contributed by atoms with Gasteiger partial charge < -0.3 is 10.6 Å². The van der Waals surface area contributed by atoms with Crippen LogP contribution in [0.4, 0.5) is 0 Å². The first-order chi connectivity index (χ1) is 8.77. The van der Waals surface area contributed by atoms with Crippen molar-refractivity contribution in [3.63, 3.8) is 0 Å². The minimum Gasteiger partial charge on any atom is -0.356 e. The molecule has 4 heteroatoms. The zero-order chi connectivity index (χ0) is 13.2. The number of rotatable bonds is 5. The van der Waals surface area contributed by atoms with Crippen molar-refractivity contribution in [1.82, 2.24) is 10.6 Å². The van der Waals surface area contributed by atoms with Crippen LogP contribution in [-0.4, -0.2) is 19.6 Å². The van der Waals surface area contributed by atoms with Crippen molar-refractivity contribution in [3.05, 3.63) is 47.0 Å². The summed E-state index contributed by atoms with van der Waals surface area (Å²) in [7, 11) is 1.76. The molecule has 0 fully saturated rings. The fraction of sp³-hybridized carbons (Fsp3) is 0.357. The number of nitrogens with zero attached hydrogens (tertiary/aromatic N) is 1. The Labute approximate surface area is 114 Å². The third-order valence-corrected chi connectivity index (χ3v) is 2.84. The summed E-state index contributed by atoms with van der Waals surface area (Å²) in [6, 6.07) is 7.80. The number of hydrogen-bond donors (Lipinski definition) is 2. The van der Waals surface area contributed by atoms with Crippen molar-refractivity contribution < 1.29 is 0 Å². The minimum absolute atomic E-state index is 0.670. The lowest BCUT2D eigenvalue weighted by atomic mass is 10.2. The molecule has 1 rings (SSSR count). The van der Waals surface area contributed by atoms with Gasteiger partial charge in [-0.15, -0.1) is 0 Å². The third kappa shape index (κ3) is 5.23. The lowest BCUT2D eigenvalue weighted by Gasteiger charge is -2.11. The summed E-state index contributed by atoms with van der Waals surface area (Å²) in [6.07, 6.45) is 5.15. The molecule has 0 bridgehead atoms. The summed E-state index contributed by atoms with van der Waals surface area (Å²) in [5, 5.41) is 7.24. The highest BCUT2D eigenvalue weighted by atomic mass is 35.5. The van der Waals surface area contributed by atoms with Crippen LogP contribution in [0.2, 0.25) is 5.02 Å². The first-order valence-electron chi connectivity index (χ1n) is 6.07. The highest BCUT2D eigenvalue weighted by Crippen LogP contribution is 2.13. The molecule has 0 unspecified atom stereocenters. The summed E-state index contributed by atoms with van der Waals surface area (Å²) in [4.78, 5) is 4.16. The molecule has 0 aromatic heterocycles. The molecule has 0 aliphatic heterocycles. The second-order valence-corrected chi connectivity index (χ2v) is 4.21. The molecule has 0 atom stereocenters. The average molecular weight is 266 g/mol. The van der Waals surface area contributed by atoms with Gasteiger partial charge in [0.25, 0.3) is 0 Å². The Morgan fingerprint density at radius 1 is 1.33 bits per heavy atom. The minimum atomic E-state index is 0.670. The average Bonchev–Trinajstić information content (AvgIpc) is 2.40. The largest absolute Gasteiger partial charge is 0.356 e. The summed E-state index contributed by atoms with van der Waals surface area (Å²) in [6.45, 7) is 3.56. The van der Waals surface area contributed by atoms with Gasteiger partial charge in [-0.05, 0) is 25.0 Å². The van der Waals surface area contributed by atoms with E-state index < -0.39 is 0 Å². The summed E-state index contributed by atoms with van der Waals surface area (Å²) in [5.74, 6) is 0.791. The lowest BCUT2D eigenvalue weighted by molar-refractivity contribution is 0.804. The van der Waals surface area contributed by atoms with E-state index in [9.17, 15) is 0 Å². The van der Waals surface area contributed by atoms with Crippen LogP contribution in [-0.2, 0) is 6.54 Å². The van der Waals surface area contributed by atoms with Crippen molar-refractivity contribution in [2.75, 3.05) is 13.6 Å². The zero-order valence-electron chi connectivity index (χ0n) is 10.9. The summed E-state index contributed by atoms with van der Waals surface area (Å²) in [5.41, 5.74) is 1.07. The van der Waals surface area contributed by atoms with Crippen molar-refractivity contribution >= 4 is 17.6 Å². The normalized spacial score (nSPS) is 11.8. The SMILES string of the molecule is CC=CCCNC(=NC)NCc1ccccc1Cl. The summed E-state index contributed by atoms with van der Waals surface area (Å²) < 4.78 is 0. The van der Waals surface area contributed by atoms with E-state index in [1.807, 2.05) is 37.3 Å². The van der Waals surface area contributed by atoms with Gasteiger partial charge in [-0.25, -0.2) is 0 Å². The molecule has 0 amide bonds. The van der Waals surface area contributed by atoms with Crippen LogP contribution in [0.25, 0.3) is 0 Å². The van der Waals surface area contributed by atoms with Crippen LogP contribution in [0, 0.1) is 0 Å². The molecule has 1 aromatic carbocycles. The van der Waals surface area contributed by atoms with Gasteiger partial charge in [-0.1, -0.05) is 42.0 Å². The molecule has 0 saturated heterocycles. The van der Waals surface area contributed by atoms with E-state index in [0.717, 1.165) is 29.5 Å². The Morgan fingerprint density at radius 2 is 2.11 bits per heavy atom. The standard InChI is InChI=1S/C14H20ClN3/c1-3-4-7-10-17-14(16-2)18-11-12-8-5-6-9-13(12)15/h3-6,8-9H,7,10-11H2,1-2H3,(H2,16,17,18). The van der Waals surface area contributed by atoms with Gasteiger partial charge in [0.05, 0.1) is 0 Å². The molecule has 3 nitrogen and oxygen atoms in total. The van der Waals surface area contributed by atoms with Crippen LogP contribution >= 0.6 is 11.6 Å². The van der Waals surface area contributed by atoms with E-state index in [0.29, 0.717) is 6.54 Å². The predicted molar refractivity (Wildman–Crippen MR) is 79.1 cm³/mol. The van der Waals surface area contributed by atoms with Gasteiger partial charge >= 0.3 is 0 Å². The van der Waals surface area contributed by atoms with Crippen LogP contribution in [0.1, 0.15) is 18.9 Å². The maximum atomic E-state index is 6.09. The van der Waals surface area contributed by atoms with E-state index in [4.69, 9.17) is 11.6 Å². The molecule has 98 valence electrons. The Hall–Kier alpha value is -1.48. The number of aliphatic imine (C=N–C) groups is 1. The number of halogens is 1. The first-order valence-corrected chi connectivity index (χ1v) is 6.44. The molecule has 18 heavy (non-hydrogen) atoms. The van der Waals surface area contributed by atoms with Gasteiger partial charge in [0, 0.05) is 25.2 Å². The molecule has 0 aliphatic rings. The maximum Gasteiger partial charge on any atom is 0.191 e. The number of benzene rings is 1. The van der Waals surface area contributed by atoms with Gasteiger partial charge in [-0.2, -0.15) is 0 Å². The van der Waals surface area contributed by atoms with E-state index in [1.54, 1.807) is 7.05 Å². The van der Waals surface area contributed by atoms with Gasteiger partial charge in [0.1, 0.15) is 0 Å². The number of hydrogen-bond acceptors (Lipinski definition) is 1. The Kier molecular flexibility index (Phi) is 6.96. The van der Waals surface area contributed by atoms with E-state index >= 15 is 0 Å². The number of allylic oxidation sites excluding steroid dienone is 1. The molecule has 0 aliphatic carbocycles. The van der Waals surface area contributed by atoms with E-state index in [-0.39, 0.29) is 0 Å². The van der Waals surface area contributed by atoms with E-state index in [2.05, 4.69) is 21.7 Å². The van der Waals surface area contributed by atoms with Crippen molar-refractivity contribution in [1.29, 1.82) is 0 Å². The van der Waals surface area contributed by atoms with Crippen LogP contribution in [0.15, 0.2) is 41.4 Å². The zero-order valence-corrected chi connectivity index (χ0v) is 11.7. The van der Waals surface area contributed by atoms with Gasteiger partial charge in [0.2, 0.25) is 0 Å². The van der Waals surface area contributed by atoms with Crippen LogP contribution in [0.5, 0.6) is 0 Å². The van der Waals surface area contributed by atoms with Crippen molar-refractivity contribution in [3.8, 4) is 0 Å². The molecular weight excluding hydrogens is 246 g/mol. The van der Waals surface area contributed by atoms with Gasteiger partial charge in [-0.3, -0.25) is 4.99 Å². The molecule has 0 radical (unpaired) electrons. The first kappa shape index (κ1) is 14.6. The van der Waals surface area contributed by atoms with Crippen LogP contribution in [0.3, 0.4) is 0 Å².